The molecule has 1 heterocycles. The number of hydrogen-bond donors (Lipinski definition) is 0. The summed E-state index contributed by atoms with van der Waals surface area (Å²) in [5, 5.41) is 0.564. The Labute approximate surface area is 136 Å². The van der Waals surface area contributed by atoms with Crippen molar-refractivity contribution >= 4 is 54.1 Å². The van der Waals surface area contributed by atoms with Crippen molar-refractivity contribution in [3.63, 3.8) is 0 Å². The van der Waals surface area contributed by atoms with E-state index in [0.717, 1.165) is 0 Å². The molecule has 0 fully saturated rings. The summed E-state index contributed by atoms with van der Waals surface area (Å²) in [6, 6.07) is 11.6. The molecule has 0 spiro atoms. The van der Waals surface area contributed by atoms with Crippen LogP contribution in [0.25, 0.3) is 11.1 Å². The van der Waals surface area contributed by atoms with E-state index in [9.17, 15) is 8.42 Å². The molecule has 0 N–H and O–H groups in total. The summed E-state index contributed by atoms with van der Waals surface area (Å²) in [7, 11) is 3.32. The Balaban J connectivity index is 1.96. The maximum atomic E-state index is 11.2. The maximum absolute atomic E-state index is 11.2. The average Bonchev–Trinajstić information content (AvgIpc) is 2.88. The third-order valence-corrected chi connectivity index (χ3v) is 4.74. The number of halogens is 2. The molecule has 5 nitrogen and oxygen atoms in total. The van der Waals surface area contributed by atoms with Crippen LogP contribution in [-0.4, -0.2) is 20.4 Å². The predicted octanol–water partition coefficient (Wildman–Crippen LogP) is 4.18. The quantitative estimate of drug-likeness (QED) is 0.658. The van der Waals surface area contributed by atoms with Crippen molar-refractivity contribution < 1.29 is 12.8 Å². The van der Waals surface area contributed by atoms with Crippen LogP contribution < -0.4 is 4.90 Å². The Morgan fingerprint density at radius 2 is 1.82 bits per heavy atom. The Morgan fingerprint density at radius 1 is 1.14 bits per heavy atom. The fourth-order valence-corrected chi connectivity index (χ4v) is 2.90. The van der Waals surface area contributed by atoms with Crippen LogP contribution in [0.4, 0.5) is 11.7 Å². The van der Waals surface area contributed by atoms with Crippen LogP contribution in [0, 0.1) is 0 Å². The van der Waals surface area contributed by atoms with E-state index < -0.39 is 9.05 Å². The molecule has 8 heteroatoms. The smallest absolute Gasteiger partial charge is 0.302 e. The second-order valence-corrected chi connectivity index (χ2v) is 7.60. The molecular weight excluding hydrogens is 347 g/mol. The van der Waals surface area contributed by atoms with Crippen LogP contribution in [0.5, 0.6) is 0 Å². The minimum atomic E-state index is -3.74. The average molecular weight is 357 g/mol. The normalized spacial score (nSPS) is 11.8. The Hall–Kier alpha value is -1.76. The van der Waals surface area contributed by atoms with E-state index in [4.69, 9.17) is 26.7 Å². The van der Waals surface area contributed by atoms with E-state index in [1.54, 1.807) is 42.3 Å². The molecule has 0 atom stereocenters. The predicted molar refractivity (Wildman–Crippen MR) is 86.6 cm³/mol. The number of aromatic nitrogens is 1. The Morgan fingerprint density at radius 3 is 2.45 bits per heavy atom. The summed E-state index contributed by atoms with van der Waals surface area (Å²) in [6.07, 6.45) is 0. The minimum Gasteiger partial charge on any atom is -0.423 e. The number of anilines is 2. The van der Waals surface area contributed by atoms with Crippen molar-refractivity contribution in [2.75, 3.05) is 11.9 Å². The van der Waals surface area contributed by atoms with Gasteiger partial charge in [-0.25, -0.2) is 8.42 Å². The van der Waals surface area contributed by atoms with Crippen LogP contribution in [0.2, 0.25) is 5.02 Å². The molecular formula is C14H10Cl2N2O3S. The van der Waals surface area contributed by atoms with Gasteiger partial charge in [0.15, 0.2) is 5.58 Å². The number of nitrogens with zero attached hydrogens (tertiary/aromatic N) is 2. The summed E-state index contributed by atoms with van der Waals surface area (Å²) in [6.45, 7) is 0. The molecule has 114 valence electrons. The number of fused-ring (bicyclic) bond motifs is 1. The van der Waals surface area contributed by atoms with Gasteiger partial charge in [0.25, 0.3) is 9.05 Å². The topological polar surface area (TPSA) is 63.4 Å². The highest BCUT2D eigenvalue weighted by atomic mass is 35.7. The van der Waals surface area contributed by atoms with Gasteiger partial charge in [-0.1, -0.05) is 11.6 Å². The van der Waals surface area contributed by atoms with Gasteiger partial charge < -0.3 is 4.42 Å². The number of benzene rings is 2. The summed E-state index contributed by atoms with van der Waals surface area (Å²) in [5.41, 5.74) is 1.97. The van der Waals surface area contributed by atoms with Gasteiger partial charge >= 0.3 is 6.01 Å². The van der Waals surface area contributed by atoms with Crippen molar-refractivity contribution in [3.8, 4) is 0 Å². The summed E-state index contributed by atoms with van der Waals surface area (Å²) in [4.78, 5) is 6.09. The largest absolute Gasteiger partial charge is 0.423 e. The van der Waals surface area contributed by atoms with Crippen molar-refractivity contribution in [1.82, 2.24) is 4.98 Å². The zero-order valence-electron chi connectivity index (χ0n) is 11.3. The molecule has 0 aliphatic heterocycles. The van der Waals surface area contributed by atoms with Crippen LogP contribution in [0.1, 0.15) is 0 Å². The van der Waals surface area contributed by atoms with E-state index >= 15 is 0 Å². The Kier molecular flexibility index (Phi) is 3.76. The van der Waals surface area contributed by atoms with Gasteiger partial charge in [-0.05, 0) is 36.4 Å². The van der Waals surface area contributed by atoms with E-state index in [0.29, 0.717) is 27.8 Å². The first kappa shape index (κ1) is 15.1. The highest BCUT2D eigenvalue weighted by molar-refractivity contribution is 8.13. The zero-order chi connectivity index (χ0) is 15.9. The van der Waals surface area contributed by atoms with Crippen LogP contribution in [0.3, 0.4) is 0 Å². The van der Waals surface area contributed by atoms with E-state index in [2.05, 4.69) is 4.98 Å². The fourth-order valence-electron chi connectivity index (χ4n) is 1.97. The lowest BCUT2D eigenvalue weighted by Gasteiger charge is -2.14. The van der Waals surface area contributed by atoms with Gasteiger partial charge in [-0.2, -0.15) is 4.98 Å². The Bertz CT molecular complexity index is 936. The van der Waals surface area contributed by atoms with Gasteiger partial charge in [-0.15, -0.1) is 0 Å². The van der Waals surface area contributed by atoms with Crippen LogP contribution in [0.15, 0.2) is 51.8 Å². The SMILES string of the molecule is CN(c1ccc(S(=O)(=O)Cl)cc1)c1nc2ccc(Cl)cc2o1. The third-order valence-electron chi connectivity index (χ3n) is 3.13. The monoisotopic (exact) mass is 356 g/mol. The van der Waals surface area contributed by atoms with Gasteiger partial charge in [0.1, 0.15) is 5.52 Å². The molecule has 2 aromatic carbocycles. The number of hydrogen-bond acceptors (Lipinski definition) is 5. The summed E-state index contributed by atoms with van der Waals surface area (Å²) < 4.78 is 28.1. The number of oxazole rings is 1. The molecule has 1 aromatic heterocycles. The summed E-state index contributed by atoms with van der Waals surface area (Å²) >= 11 is 5.91. The molecule has 0 bridgehead atoms. The van der Waals surface area contributed by atoms with Crippen molar-refractivity contribution in [1.29, 1.82) is 0 Å². The summed E-state index contributed by atoms with van der Waals surface area (Å²) in [5.74, 6) is 0. The van der Waals surface area contributed by atoms with Crippen molar-refractivity contribution in [2.24, 2.45) is 0 Å². The number of rotatable bonds is 3. The van der Waals surface area contributed by atoms with Gasteiger partial charge in [0.2, 0.25) is 0 Å². The molecule has 22 heavy (non-hydrogen) atoms. The molecule has 0 saturated heterocycles. The third kappa shape index (κ3) is 2.90. The standard InChI is InChI=1S/C14H10Cl2N2O3S/c1-18(10-3-5-11(6-4-10)22(16,19)20)14-17-12-7-2-9(15)8-13(12)21-14/h2-8H,1H3. The molecule has 0 radical (unpaired) electrons. The zero-order valence-corrected chi connectivity index (χ0v) is 13.7. The van der Waals surface area contributed by atoms with Gasteiger partial charge in [0.05, 0.1) is 4.90 Å². The van der Waals surface area contributed by atoms with E-state index in [-0.39, 0.29) is 4.90 Å². The molecule has 0 aliphatic rings. The lowest BCUT2D eigenvalue weighted by molar-refractivity contribution is 0.603. The maximum Gasteiger partial charge on any atom is 0.302 e. The highest BCUT2D eigenvalue weighted by Crippen LogP contribution is 2.29. The van der Waals surface area contributed by atoms with Crippen LogP contribution in [-0.2, 0) is 9.05 Å². The molecule has 0 unspecified atom stereocenters. The first-order valence-corrected chi connectivity index (χ1v) is 8.88. The molecule has 3 rings (SSSR count). The molecule has 0 amide bonds. The molecule has 0 aliphatic carbocycles. The minimum absolute atomic E-state index is 0.0377. The van der Waals surface area contributed by atoms with E-state index in [1.807, 2.05) is 0 Å². The second kappa shape index (κ2) is 5.46. The fraction of sp³-hybridized carbons (Fsp3) is 0.0714. The second-order valence-electron chi connectivity index (χ2n) is 4.60. The first-order chi connectivity index (χ1) is 10.3. The molecule has 0 saturated carbocycles. The van der Waals surface area contributed by atoms with Crippen molar-refractivity contribution in [2.45, 2.75) is 4.90 Å². The lowest BCUT2D eigenvalue weighted by Crippen LogP contribution is -2.09. The van der Waals surface area contributed by atoms with Gasteiger partial charge in [0, 0.05) is 34.5 Å². The first-order valence-electron chi connectivity index (χ1n) is 6.19. The van der Waals surface area contributed by atoms with Crippen molar-refractivity contribution in [3.05, 3.63) is 47.5 Å². The van der Waals surface area contributed by atoms with Gasteiger partial charge in [-0.3, -0.25) is 4.90 Å². The van der Waals surface area contributed by atoms with Crippen LogP contribution >= 0.6 is 22.3 Å². The highest BCUT2D eigenvalue weighted by Gasteiger charge is 2.14. The van der Waals surface area contributed by atoms with E-state index in [1.165, 1.54) is 12.1 Å². The molecule has 3 aromatic rings. The lowest BCUT2D eigenvalue weighted by atomic mass is 10.3.